The van der Waals surface area contributed by atoms with Gasteiger partial charge in [0.1, 0.15) is 0 Å². The monoisotopic (exact) mass is 127 g/mol. The fraction of sp³-hybridized carbons (Fsp3) is 0.800. The highest BCUT2D eigenvalue weighted by Crippen LogP contribution is 2.17. The van der Waals surface area contributed by atoms with Gasteiger partial charge in [-0.05, 0) is 5.21 Å². The second-order valence-corrected chi connectivity index (χ2v) is 2.92. The van der Waals surface area contributed by atoms with Crippen molar-refractivity contribution in [2.24, 2.45) is 0 Å². The van der Waals surface area contributed by atoms with Crippen molar-refractivity contribution in [3.8, 4) is 0 Å². The van der Waals surface area contributed by atoms with Gasteiger partial charge in [0.2, 0.25) is 0 Å². The van der Waals surface area contributed by atoms with E-state index in [-0.39, 0.29) is 5.41 Å². The third kappa shape index (κ3) is 1.25. The zero-order chi connectivity index (χ0) is 6.91. The molecule has 0 amide bonds. The third-order valence-electron chi connectivity index (χ3n) is 0.941. The van der Waals surface area contributed by atoms with E-state index in [0.717, 1.165) is 0 Å². The normalized spacial score (nSPS) is 11.9. The highest BCUT2D eigenvalue weighted by Gasteiger charge is 2.19. The molecule has 50 valence electrons. The SMILES string of the molecule is CC(C)(C)c1nnno1. The molecule has 0 aliphatic heterocycles. The van der Waals surface area contributed by atoms with Gasteiger partial charge in [0.05, 0.1) is 5.27 Å². The molecule has 1 aromatic rings. The number of nitrogens with zero attached hydrogens (tertiary/aromatic N) is 3. The van der Waals surface area contributed by atoms with Crippen LogP contribution in [0.1, 0.15) is 26.7 Å². The van der Waals surface area contributed by atoms with E-state index in [2.05, 4.69) is 15.6 Å². The molecule has 1 aromatic heterocycles. The Morgan fingerprint density at radius 1 is 1.33 bits per heavy atom. The van der Waals surface area contributed by atoms with Gasteiger partial charge in [-0.2, -0.15) is 0 Å². The Morgan fingerprint density at radius 3 is 2.22 bits per heavy atom. The van der Waals surface area contributed by atoms with Gasteiger partial charge in [0.15, 0.2) is 0 Å². The zero-order valence-corrected chi connectivity index (χ0v) is 5.75. The predicted octanol–water partition coefficient (Wildman–Crippen LogP) is 0.762. The zero-order valence-electron chi connectivity index (χ0n) is 5.75. The summed E-state index contributed by atoms with van der Waals surface area (Å²) < 4.78 is 4.73. The lowest BCUT2D eigenvalue weighted by Crippen LogP contribution is -2.11. The van der Waals surface area contributed by atoms with Crippen LogP contribution in [0.25, 0.3) is 0 Å². The summed E-state index contributed by atoms with van der Waals surface area (Å²) in [5.41, 5.74) is -0.0799. The Kier molecular flexibility index (Phi) is 1.23. The van der Waals surface area contributed by atoms with E-state index in [0.29, 0.717) is 5.89 Å². The van der Waals surface area contributed by atoms with Crippen molar-refractivity contribution in [2.75, 3.05) is 0 Å². The predicted molar refractivity (Wildman–Crippen MR) is 30.8 cm³/mol. The van der Waals surface area contributed by atoms with Gasteiger partial charge in [-0.3, -0.25) is 0 Å². The second kappa shape index (κ2) is 1.79. The lowest BCUT2D eigenvalue weighted by atomic mass is 9.97. The van der Waals surface area contributed by atoms with E-state index >= 15 is 0 Å². The van der Waals surface area contributed by atoms with Gasteiger partial charge in [-0.15, -0.1) is 0 Å². The van der Waals surface area contributed by atoms with Gasteiger partial charge >= 0.3 is 0 Å². The quantitative estimate of drug-likeness (QED) is 0.516. The highest BCUT2D eigenvalue weighted by molar-refractivity contribution is 4.91. The maximum atomic E-state index is 4.73. The summed E-state index contributed by atoms with van der Waals surface area (Å²) in [6.45, 7) is 5.96. The number of hydrogen-bond acceptors (Lipinski definition) is 4. The van der Waals surface area contributed by atoms with Crippen LogP contribution in [0.5, 0.6) is 0 Å². The minimum Gasteiger partial charge on any atom is -0.320 e. The average Bonchev–Trinajstić information content (AvgIpc) is 2.08. The van der Waals surface area contributed by atoms with E-state index in [9.17, 15) is 0 Å². The summed E-state index contributed by atoms with van der Waals surface area (Å²) in [4.78, 5) is 0. The van der Waals surface area contributed by atoms with Gasteiger partial charge in [0.25, 0.3) is 5.89 Å². The van der Waals surface area contributed by atoms with Crippen molar-refractivity contribution >= 4 is 0 Å². The summed E-state index contributed by atoms with van der Waals surface area (Å²) in [6, 6.07) is 0. The van der Waals surface area contributed by atoms with E-state index < -0.39 is 0 Å². The molecule has 0 aliphatic carbocycles. The van der Waals surface area contributed by atoms with Crippen molar-refractivity contribution in [2.45, 2.75) is 26.2 Å². The first-order chi connectivity index (χ1) is 4.11. The van der Waals surface area contributed by atoms with Crippen molar-refractivity contribution in [3.05, 3.63) is 5.89 Å². The Labute approximate surface area is 53.2 Å². The molecule has 0 radical (unpaired) electrons. The van der Waals surface area contributed by atoms with Crippen molar-refractivity contribution in [3.63, 3.8) is 0 Å². The Morgan fingerprint density at radius 2 is 2.00 bits per heavy atom. The van der Waals surface area contributed by atoms with Crippen LogP contribution in [-0.4, -0.2) is 15.6 Å². The van der Waals surface area contributed by atoms with E-state index in [4.69, 9.17) is 4.52 Å². The number of rotatable bonds is 0. The molecular formula is C5H9N3O. The lowest BCUT2D eigenvalue weighted by Gasteiger charge is -2.08. The molecule has 9 heavy (non-hydrogen) atoms. The molecular weight excluding hydrogens is 118 g/mol. The first kappa shape index (κ1) is 6.19. The molecule has 0 saturated carbocycles. The maximum absolute atomic E-state index is 4.73. The van der Waals surface area contributed by atoms with E-state index in [1.807, 2.05) is 20.8 Å². The molecule has 4 heteroatoms. The highest BCUT2D eigenvalue weighted by atomic mass is 16.5. The summed E-state index contributed by atoms with van der Waals surface area (Å²) in [7, 11) is 0. The maximum Gasteiger partial charge on any atom is 0.253 e. The smallest absolute Gasteiger partial charge is 0.253 e. The minimum absolute atomic E-state index is 0.0799. The molecule has 1 rings (SSSR count). The molecule has 1 heterocycles. The molecule has 0 unspecified atom stereocenters. The molecule has 0 fully saturated rings. The standard InChI is InChI=1S/C5H9N3O/c1-5(2,3)4-6-7-8-9-4/h1-3H3. The summed E-state index contributed by atoms with van der Waals surface area (Å²) in [5, 5.41) is 10.2. The van der Waals surface area contributed by atoms with Gasteiger partial charge in [-0.25, -0.2) is 0 Å². The largest absolute Gasteiger partial charge is 0.320 e. The number of hydrogen-bond donors (Lipinski definition) is 0. The van der Waals surface area contributed by atoms with Crippen LogP contribution in [0.4, 0.5) is 0 Å². The summed E-state index contributed by atoms with van der Waals surface area (Å²) >= 11 is 0. The first-order valence-corrected chi connectivity index (χ1v) is 2.76. The van der Waals surface area contributed by atoms with Gasteiger partial charge in [-0.1, -0.05) is 25.9 Å². The van der Waals surface area contributed by atoms with Crippen LogP contribution in [0.2, 0.25) is 0 Å². The van der Waals surface area contributed by atoms with Crippen LogP contribution in [0.15, 0.2) is 4.52 Å². The molecule has 0 atom stereocenters. The van der Waals surface area contributed by atoms with Crippen molar-refractivity contribution < 1.29 is 4.52 Å². The van der Waals surface area contributed by atoms with Gasteiger partial charge < -0.3 is 4.52 Å². The Balaban J connectivity index is 2.90. The summed E-state index contributed by atoms with van der Waals surface area (Å²) in [5.74, 6) is 0.572. The molecule has 0 spiro atoms. The van der Waals surface area contributed by atoms with E-state index in [1.54, 1.807) is 0 Å². The van der Waals surface area contributed by atoms with Crippen LogP contribution in [-0.2, 0) is 5.41 Å². The average molecular weight is 127 g/mol. The Hall–Kier alpha value is -0.930. The molecule has 0 aromatic carbocycles. The van der Waals surface area contributed by atoms with Crippen LogP contribution in [0, 0.1) is 0 Å². The van der Waals surface area contributed by atoms with Crippen LogP contribution in [0.3, 0.4) is 0 Å². The van der Waals surface area contributed by atoms with Crippen molar-refractivity contribution in [1.82, 2.24) is 15.6 Å². The minimum atomic E-state index is -0.0799. The lowest BCUT2D eigenvalue weighted by molar-refractivity contribution is 0.312. The van der Waals surface area contributed by atoms with Gasteiger partial charge in [0, 0.05) is 5.41 Å². The van der Waals surface area contributed by atoms with Crippen LogP contribution >= 0.6 is 0 Å². The summed E-state index contributed by atoms with van der Waals surface area (Å²) in [6.07, 6.45) is 0. The molecule has 0 aliphatic rings. The Bertz CT molecular complexity index is 175. The fourth-order valence-electron chi connectivity index (χ4n) is 0.421. The first-order valence-electron chi connectivity index (χ1n) is 2.76. The molecule has 0 N–H and O–H groups in total. The van der Waals surface area contributed by atoms with E-state index in [1.165, 1.54) is 0 Å². The molecule has 4 nitrogen and oxygen atoms in total. The molecule has 0 bridgehead atoms. The molecule has 0 saturated heterocycles. The topological polar surface area (TPSA) is 51.8 Å². The van der Waals surface area contributed by atoms with Crippen molar-refractivity contribution in [1.29, 1.82) is 0 Å². The van der Waals surface area contributed by atoms with Crippen LogP contribution < -0.4 is 0 Å². The fourth-order valence-corrected chi connectivity index (χ4v) is 0.421. The number of aromatic nitrogens is 3. The second-order valence-electron chi connectivity index (χ2n) is 2.92. The third-order valence-corrected chi connectivity index (χ3v) is 0.941.